The first-order valence-corrected chi connectivity index (χ1v) is 7.09. The second kappa shape index (κ2) is 7.15. The molecule has 0 saturated carbocycles. The predicted octanol–water partition coefficient (Wildman–Crippen LogP) is 3.81. The molecule has 0 spiro atoms. The minimum atomic E-state index is -0.194. The quantitative estimate of drug-likeness (QED) is 0.865. The maximum absolute atomic E-state index is 13.0. The van der Waals surface area contributed by atoms with Gasteiger partial charge in [-0.15, -0.1) is 0 Å². The van der Waals surface area contributed by atoms with Crippen LogP contribution in [-0.2, 0) is 6.42 Å². The Morgan fingerprint density at radius 2 is 1.95 bits per heavy atom. The van der Waals surface area contributed by atoms with Crippen LogP contribution in [0.15, 0.2) is 42.6 Å². The van der Waals surface area contributed by atoms with E-state index in [1.54, 1.807) is 0 Å². The summed E-state index contributed by atoms with van der Waals surface area (Å²) in [7, 11) is 0. The summed E-state index contributed by atoms with van der Waals surface area (Å²) in [4.78, 5) is 4.47. The molecule has 0 fully saturated rings. The number of pyridine rings is 1. The van der Waals surface area contributed by atoms with Crippen LogP contribution in [0, 0.1) is 12.7 Å². The highest BCUT2D eigenvalue weighted by Gasteiger charge is 2.13. The Balaban J connectivity index is 2.16. The van der Waals surface area contributed by atoms with Crippen molar-refractivity contribution in [3.63, 3.8) is 0 Å². The predicted molar refractivity (Wildman–Crippen MR) is 80.1 cm³/mol. The van der Waals surface area contributed by atoms with Crippen LogP contribution in [0.2, 0.25) is 0 Å². The topological polar surface area (TPSA) is 24.9 Å². The van der Waals surface area contributed by atoms with Gasteiger partial charge in [0.2, 0.25) is 0 Å². The normalized spacial score (nSPS) is 12.3. The van der Waals surface area contributed by atoms with Crippen LogP contribution >= 0.6 is 0 Å². The standard InChI is InChI=1S/C17H21FN2/c1-3-9-19-17(16-11-13(2)8-10-20-16)12-14-4-6-15(18)7-5-14/h4-8,10-11,17,19H,3,9,12H2,1-2H3. The monoisotopic (exact) mass is 272 g/mol. The Hall–Kier alpha value is -1.74. The number of nitrogens with one attached hydrogen (secondary N) is 1. The summed E-state index contributed by atoms with van der Waals surface area (Å²) in [5.41, 5.74) is 3.36. The van der Waals surface area contributed by atoms with Crippen LogP contribution in [0.1, 0.15) is 36.2 Å². The van der Waals surface area contributed by atoms with Gasteiger partial charge in [-0.25, -0.2) is 4.39 Å². The van der Waals surface area contributed by atoms with Crippen molar-refractivity contribution >= 4 is 0 Å². The van der Waals surface area contributed by atoms with Crippen molar-refractivity contribution in [3.8, 4) is 0 Å². The van der Waals surface area contributed by atoms with E-state index in [4.69, 9.17) is 0 Å². The van der Waals surface area contributed by atoms with Crippen molar-refractivity contribution in [1.82, 2.24) is 10.3 Å². The number of hydrogen-bond acceptors (Lipinski definition) is 2. The van der Waals surface area contributed by atoms with Crippen LogP contribution in [0.5, 0.6) is 0 Å². The van der Waals surface area contributed by atoms with Gasteiger partial charge < -0.3 is 5.32 Å². The van der Waals surface area contributed by atoms with E-state index in [9.17, 15) is 4.39 Å². The molecule has 2 aromatic rings. The first kappa shape index (κ1) is 14.7. The van der Waals surface area contributed by atoms with E-state index in [1.165, 1.54) is 17.7 Å². The molecule has 0 radical (unpaired) electrons. The molecule has 0 bridgehead atoms. The first-order valence-electron chi connectivity index (χ1n) is 7.09. The molecular weight excluding hydrogens is 251 g/mol. The Bertz CT molecular complexity index is 537. The highest BCUT2D eigenvalue weighted by atomic mass is 19.1. The fraction of sp³-hybridized carbons (Fsp3) is 0.353. The second-order valence-corrected chi connectivity index (χ2v) is 5.10. The molecule has 20 heavy (non-hydrogen) atoms. The third-order valence-corrected chi connectivity index (χ3v) is 3.29. The maximum atomic E-state index is 13.0. The molecular formula is C17H21FN2. The van der Waals surface area contributed by atoms with E-state index in [2.05, 4.69) is 30.2 Å². The van der Waals surface area contributed by atoms with Crippen molar-refractivity contribution in [2.45, 2.75) is 32.7 Å². The van der Waals surface area contributed by atoms with Gasteiger partial charge in [0.1, 0.15) is 5.82 Å². The van der Waals surface area contributed by atoms with Crippen molar-refractivity contribution in [3.05, 3.63) is 65.2 Å². The van der Waals surface area contributed by atoms with Gasteiger partial charge in [0.25, 0.3) is 0 Å². The average Bonchev–Trinajstić information content (AvgIpc) is 2.45. The fourth-order valence-electron chi connectivity index (χ4n) is 2.21. The van der Waals surface area contributed by atoms with E-state index in [-0.39, 0.29) is 11.9 Å². The molecule has 1 aromatic carbocycles. The highest BCUT2D eigenvalue weighted by molar-refractivity contribution is 5.22. The van der Waals surface area contributed by atoms with Gasteiger partial charge in [0.15, 0.2) is 0 Å². The minimum Gasteiger partial charge on any atom is -0.308 e. The van der Waals surface area contributed by atoms with Crippen LogP contribution in [0.4, 0.5) is 4.39 Å². The van der Waals surface area contributed by atoms with Gasteiger partial charge in [-0.2, -0.15) is 0 Å². The second-order valence-electron chi connectivity index (χ2n) is 5.10. The minimum absolute atomic E-state index is 0.167. The number of halogens is 1. The van der Waals surface area contributed by atoms with Gasteiger partial charge in [-0.1, -0.05) is 19.1 Å². The summed E-state index contributed by atoms with van der Waals surface area (Å²) in [6.45, 7) is 5.16. The lowest BCUT2D eigenvalue weighted by Crippen LogP contribution is -2.25. The Morgan fingerprint density at radius 1 is 1.20 bits per heavy atom. The largest absolute Gasteiger partial charge is 0.308 e. The van der Waals surface area contributed by atoms with Crippen LogP contribution < -0.4 is 5.32 Å². The number of nitrogens with zero attached hydrogens (tertiary/aromatic N) is 1. The van der Waals surface area contributed by atoms with Crippen molar-refractivity contribution in [2.24, 2.45) is 0 Å². The molecule has 1 N–H and O–H groups in total. The molecule has 0 amide bonds. The molecule has 0 aliphatic rings. The van der Waals surface area contributed by atoms with Crippen molar-refractivity contribution in [2.75, 3.05) is 6.54 Å². The van der Waals surface area contributed by atoms with Gasteiger partial charge in [-0.3, -0.25) is 4.98 Å². The summed E-state index contributed by atoms with van der Waals surface area (Å²) in [5.74, 6) is -0.194. The number of rotatable bonds is 6. The average molecular weight is 272 g/mol. The zero-order valence-corrected chi connectivity index (χ0v) is 12.1. The lowest BCUT2D eigenvalue weighted by molar-refractivity contribution is 0.517. The summed E-state index contributed by atoms with van der Waals surface area (Å²) in [6, 6.07) is 11.0. The lowest BCUT2D eigenvalue weighted by atomic mass is 10.0. The summed E-state index contributed by atoms with van der Waals surface area (Å²) in [5, 5.41) is 3.52. The molecule has 1 aromatic heterocycles. The third-order valence-electron chi connectivity index (χ3n) is 3.29. The van der Waals surface area contributed by atoms with Gasteiger partial charge in [-0.05, 0) is 61.7 Å². The summed E-state index contributed by atoms with van der Waals surface area (Å²) < 4.78 is 13.0. The zero-order valence-electron chi connectivity index (χ0n) is 12.1. The molecule has 1 atom stereocenters. The highest BCUT2D eigenvalue weighted by Crippen LogP contribution is 2.18. The van der Waals surface area contributed by atoms with E-state index >= 15 is 0 Å². The van der Waals surface area contributed by atoms with Crippen molar-refractivity contribution < 1.29 is 4.39 Å². The SMILES string of the molecule is CCCNC(Cc1ccc(F)cc1)c1cc(C)ccn1. The van der Waals surface area contributed by atoms with Gasteiger partial charge >= 0.3 is 0 Å². The Morgan fingerprint density at radius 3 is 2.60 bits per heavy atom. The molecule has 3 heteroatoms. The van der Waals surface area contributed by atoms with Gasteiger partial charge in [0.05, 0.1) is 11.7 Å². The molecule has 0 aliphatic heterocycles. The molecule has 2 rings (SSSR count). The van der Waals surface area contributed by atoms with Crippen LogP contribution in [-0.4, -0.2) is 11.5 Å². The van der Waals surface area contributed by atoms with Gasteiger partial charge in [0, 0.05) is 6.20 Å². The van der Waals surface area contributed by atoms with Crippen LogP contribution in [0.25, 0.3) is 0 Å². The summed E-state index contributed by atoms with van der Waals surface area (Å²) >= 11 is 0. The molecule has 106 valence electrons. The number of aryl methyl sites for hydroxylation is 1. The molecule has 1 heterocycles. The third kappa shape index (κ3) is 4.14. The van der Waals surface area contributed by atoms with Crippen molar-refractivity contribution in [1.29, 1.82) is 0 Å². The number of hydrogen-bond donors (Lipinski definition) is 1. The molecule has 0 aliphatic carbocycles. The Labute approximate surface area is 120 Å². The maximum Gasteiger partial charge on any atom is 0.123 e. The number of benzene rings is 1. The van der Waals surface area contributed by atoms with Crippen LogP contribution in [0.3, 0.4) is 0 Å². The zero-order chi connectivity index (χ0) is 14.4. The Kier molecular flexibility index (Phi) is 5.24. The van der Waals surface area contributed by atoms with E-state index in [0.29, 0.717) is 0 Å². The van der Waals surface area contributed by atoms with E-state index < -0.39 is 0 Å². The first-order chi connectivity index (χ1) is 9.69. The fourth-order valence-corrected chi connectivity index (χ4v) is 2.21. The lowest BCUT2D eigenvalue weighted by Gasteiger charge is -2.18. The molecule has 2 nitrogen and oxygen atoms in total. The van der Waals surface area contributed by atoms with E-state index in [0.717, 1.165) is 30.6 Å². The molecule has 1 unspecified atom stereocenters. The smallest absolute Gasteiger partial charge is 0.123 e. The summed E-state index contributed by atoms with van der Waals surface area (Å²) in [6.07, 6.45) is 3.73. The molecule has 0 saturated heterocycles. The number of aromatic nitrogens is 1. The van der Waals surface area contributed by atoms with E-state index in [1.807, 2.05) is 24.4 Å².